The van der Waals surface area contributed by atoms with Gasteiger partial charge in [-0.15, -0.1) is 0 Å². The average Bonchev–Trinajstić information content (AvgIpc) is 2.37. The third-order valence-corrected chi connectivity index (χ3v) is 2.53. The minimum atomic E-state index is -0.604. The molecule has 0 amide bonds. The molecule has 0 atom stereocenters. The molecule has 0 unspecified atom stereocenters. The van der Waals surface area contributed by atoms with E-state index in [0.717, 1.165) is 11.3 Å². The van der Waals surface area contributed by atoms with Crippen molar-refractivity contribution < 1.29 is 9.53 Å². The highest BCUT2D eigenvalue weighted by Gasteiger charge is 2.21. The molecule has 1 aromatic rings. The quantitative estimate of drug-likeness (QED) is 0.641. The van der Waals surface area contributed by atoms with Crippen LogP contribution >= 0.6 is 0 Å². The topological polar surface area (TPSA) is 42.7 Å². The van der Waals surface area contributed by atoms with Crippen molar-refractivity contribution in [2.75, 3.05) is 12.4 Å². The highest BCUT2D eigenvalue weighted by molar-refractivity contribution is 5.69. The fourth-order valence-corrected chi connectivity index (χ4v) is 1.48. The molecule has 0 saturated heterocycles. The van der Waals surface area contributed by atoms with Crippen molar-refractivity contribution in [1.82, 2.24) is 0 Å². The average molecular weight is 246 g/mol. The molecule has 4 nitrogen and oxygen atoms in total. The summed E-state index contributed by atoms with van der Waals surface area (Å²) in [5.41, 5.74) is 1.37. The number of anilines is 1. The van der Waals surface area contributed by atoms with Gasteiger partial charge in [-0.2, -0.15) is 0 Å². The maximum Gasteiger partial charge on any atom is 0.305 e. The zero-order valence-electron chi connectivity index (χ0n) is 11.0. The Balaban J connectivity index is 2.58. The van der Waals surface area contributed by atoms with Gasteiger partial charge in [0.05, 0.1) is 7.11 Å². The number of carbonyl (C=O) groups excluding carboxylic acids is 1. The Morgan fingerprint density at radius 2 is 2.00 bits per heavy atom. The zero-order valence-corrected chi connectivity index (χ0v) is 11.0. The molecule has 1 N–H and O–H groups in total. The second-order valence-electron chi connectivity index (χ2n) is 4.57. The van der Waals surface area contributed by atoms with Crippen molar-refractivity contribution in [3.8, 4) is 0 Å². The summed E-state index contributed by atoms with van der Waals surface area (Å²) in [6, 6.07) is 7.73. The van der Waals surface area contributed by atoms with Crippen molar-refractivity contribution in [1.29, 1.82) is 0 Å². The Morgan fingerprint density at radius 1 is 1.39 bits per heavy atom. The van der Waals surface area contributed by atoms with Crippen molar-refractivity contribution in [2.24, 2.45) is 0 Å². The number of benzene rings is 1. The Hall–Kier alpha value is -2.02. The van der Waals surface area contributed by atoms with E-state index in [1.165, 1.54) is 7.11 Å². The van der Waals surface area contributed by atoms with Gasteiger partial charge < -0.3 is 10.1 Å². The molecule has 0 aliphatic rings. The molecule has 96 valence electrons. The second-order valence-corrected chi connectivity index (χ2v) is 4.57. The Labute approximate surface area is 108 Å². The number of nitrogens with zero attached hydrogens (tertiary/aromatic N) is 1. The van der Waals surface area contributed by atoms with E-state index in [9.17, 15) is 4.79 Å². The number of ether oxygens (including phenoxy) is 1. The summed E-state index contributed by atoms with van der Waals surface area (Å²) < 4.78 is 4.59. The van der Waals surface area contributed by atoms with E-state index in [1.54, 1.807) is 0 Å². The molecule has 0 bridgehead atoms. The van der Waals surface area contributed by atoms with Gasteiger partial charge in [-0.25, -0.2) is 6.57 Å². The molecule has 0 aliphatic heterocycles. The molecule has 0 radical (unpaired) electrons. The molecule has 0 aromatic heterocycles. The summed E-state index contributed by atoms with van der Waals surface area (Å²) in [5.74, 6) is -0.202. The minimum absolute atomic E-state index is 0.202. The number of rotatable bonds is 5. The van der Waals surface area contributed by atoms with E-state index in [2.05, 4.69) is 14.9 Å². The summed E-state index contributed by atoms with van der Waals surface area (Å²) in [6.45, 7) is 10.7. The predicted molar refractivity (Wildman–Crippen MR) is 71.1 cm³/mol. The fourth-order valence-electron chi connectivity index (χ4n) is 1.48. The Bertz CT molecular complexity index is 444. The highest BCUT2D eigenvalue weighted by atomic mass is 16.5. The third kappa shape index (κ3) is 4.46. The van der Waals surface area contributed by atoms with Crippen LogP contribution in [0.2, 0.25) is 0 Å². The summed E-state index contributed by atoms with van der Waals surface area (Å²) in [4.78, 5) is 14.5. The van der Waals surface area contributed by atoms with E-state index in [4.69, 9.17) is 6.57 Å². The number of hydrogen-bond acceptors (Lipinski definition) is 3. The van der Waals surface area contributed by atoms with Gasteiger partial charge in [0.15, 0.2) is 0 Å². The summed E-state index contributed by atoms with van der Waals surface area (Å²) in [6.07, 6.45) is 1.05. The summed E-state index contributed by atoms with van der Waals surface area (Å²) in [5, 5.41) is 3.13. The number of nitrogens with one attached hydrogen (secondary N) is 1. The molecule has 0 heterocycles. The van der Waals surface area contributed by atoms with E-state index < -0.39 is 5.66 Å². The lowest BCUT2D eigenvalue weighted by atomic mass is 10.1. The smallest absolute Gasteiger partial charge is 0.305 e. The maximum atomic E-state index is 11.0. The summed E-state index contributed by atoms with van der Waals surface area (Å²) >= 11 is 0. The molecule has 4 heteroatoms. The standard InChI is InChI=1S/C14H18N2O2/c1-14(2,15-3)16-12-8-5-11(6-9-12)7-10-13(17)18-4/h5-6,8-9,16H,7,10H2,1-2,4H3. The van der Waals surface area contributed by atoms with Gasteiger partial charge >= 0.3 is 5.97 Å². The van der Waals surface area contributed by atoms with Crippen LogP contribution in [0, 0.1) is 6.57 Å². The first kappa shape index (κ1) is 14.0. The molecule has 1 aromatic carbocycles. The fraction of sp³-hybridized carbons (Fsp3) is 0.429. The first-order valence-electron chi connectivity index (χ1n) is 5.79. The molecule has 1 rings (SSSR count). The number of methoxy groups -OCH3 is 1. The normalized spacial score (nSPS) is 10.6. The largest absolute Gasteiger partial charge is 0.469 e. The lowest BCUT2D eigenvalue weighted by molar-refractivity contribution is -0.140. The highest BCUT2D eigenvalue weighted by Crippen LogP contribution is 2.17. The van der Waals surface area contributed by atoms with Gasteiger partial charge in [0, 0.05) is 26.0 Å². The number of carbonyl (C=O) groups is 1. The molecule has 0 saturated carbocycles. The van der Waals surface area contributed by atoms with Gasteiger partial charge in [0.1, 0.15) is 0 Å². The van der Waals surface area contributed by atoms with Crippen molar-refractivity contribution in [2.45, 2.75) is 32.4 Å². The van der Waals surface area contributed by atoms with Gasteiger partial charge in [-0.1, -0.05) is 12.1 Å². The second kappa shape index (κ2) is 6.06. The first-order chi connectivity index (χ1) is 8.46. The lowest BCUT2D eigenvalue weighted by Crippen LogP contribution is -2.25. The number of esters is 1. The molecule has 0 fully saturated rings. The van der Waals surface area contributed by atoms with Gasteiger partial charge in [-0.05, 0) is 24.1 Å². The minimum Gasteiger partial charge on any atom is -0.469 e. The monoisotopic (exact) mass is 246 g/mol. The van der Waals surface area contributed by atoms with Crippen LogP contribution in [0.15, 0.2) is 24.3 Å². The SMILES string of the molecule is [C-]#[N+]C(C)(C)Nc1ccc(CCC(=O)OC)cc1. The third-order valence-electron chi connectivity index (χ3n) is 2.53. The van der Waals surface area contributed by atoms with E-state index in [0.29, 0.717) is 12.8 Å². The van der Waals surface area contributed by atoms with Crippen LogP contribution in [0.3, 0.4) is 0 Å². The lowest BCUT2D eigenvalue weighted by Gasteiger charge is -2.14. The zero-order chi connectivity index (χ0) is 13.6. The van der Waals surface area contributed by atoms with Crippen LogP contribution in [-0.4, -0.2) is 18.7 Å². The maximum absolute atomic E-state index is 11.0. The van der Waals surface area contributed by atoms with E-state index in [-0.39, 0.29) is 5.97 Å². The molecule has 0 spiro atoms. The van der Waals surface area contributed by atoms with Crippen LogP contribution < -0.4 is 5.32 Å². The van der Waals surface area contributed by atoms with Gasteiger partial charge in [0.25, 0.3) is 5.66 Å². The van der Waals surface area contributed by atoms with Crippen LogP contribution in [-0.2, 0) is 16.0 Å². The van der Waals surface area contributed by atoms with Crippen molar-refractivity contribution in [3.63, 3.8) is 0 Å². The Kier molecular flexibility index (Phi) is 4.73. The molecular weight excluding hydrogens is 228 g/mol. The van der Waals surface area contributed by atoms with E-state index >= 15 is 0 Å². The molecular formula is C14H18N2O2. The Morgan fingerprint density at radius 3 is 2.50 bits per heavy atom. The van der Waals surface area contributed by atoms with Crippen LogP contribution in [0.5, 0.6) is 0 Å². The van der Waals surface area contributed by atoms with E-state index in [1.807, 2.05) is 38.1 Å². The molecule has 18 heavy (non-hydrogen) atoms. The number of hydrogen-bond donors (Lipinski definition) is 1. The summed E-state index contributed by atoms with van der Waals surface area (Å²) in [7, 11) is 1.39. The van der Waals surface area contributed by atoms with Crippen molar-refractivity contribution >= 4 is 11.7 Å². The van der Waals surface area contributed by atoms with Gasteiger partial charge in [-0.3, -0.25) is 9.64 Å². The van der Waals surface area contributed by atoms with Crippen LogP contribution in [0.4, 0.5) is 5.69 Å². The molecule has 0 aliphatic carbocycles. The van der Waals surface area contributed by atoms with Crippen molar-refractivity contribution in [3.05, 3.63) is 41.2 Å². The predicted octanol–water partition coefficient (Wildman–Crippen LogP) is 2.86. The van der Waals surface area contributed by atoms with Crippen LogP contribution in [0.25, 0.3) is 4.85 Å². The van der Waals surface area contributed by atoms with Gasteiger partial charge in [0.2, 0.25) is 0 Å². The van der Waals surface area contributed by atoms with Crippen LogP contribution in [0.1, 0.15) is 25.8 Å². The number of aryl methyl sites for hydroxylation is 1. The first-order valence-corrected chi connectivity index (χ1v) is 5.79.